The normalized spacial score (nSPS) is 22.9. The van der Waals surface area contributed by atoms with Crippen LogP contribution in [0.4, 0.5) is 0 Å². The third-order valence-electron chi connectivity index (χ3n) is 2.85. The van der Waals surface area contributed by atoms with Crippen molar-refractivity contribution >= 4 is 24.5 Å². The van der Waals surface area contributed by atoms with E-state index in [0.29, 0.717) is 25.1 Å². The molecule has 1 unspecified atom stereocenters. The van der Waals surface area contributed by atoms with Crippen LogP contribution in [-0.2, 0) is 9.59 Å². The van der Waals surface area contributed by atoms with Crippen molar-refractivity contribution in [2.24, 2.45) is 11.8 Å². The Morgan fingerprint density at radius 2 is 2.25 bits per heavy atom. The second kappa shape index (κ2) is 5.57. The molecule has 1 fully saturated rings. The smallest absolute Gasteiger partial charge is 0.326 e. The summed E-state index contributed by atoms with van der Waals surface area (Å²) in [6.07, 6.45) is 0.950. The van der Waals surface area contributed by atoms with Gasteiger partial charge in [0.1, 0.15) is 6.04 Å². The highest BCUT2D eigenvalue weighted by molar-refractivity contribution is 7.80. The summed E-state index contributed by atoms with van der Waals surface area (Å²) in [7, 11) is 0. The molecule has 1 heterocycles. The first kappa shape index (κ1) is 13.4. The van der Waals surface area contributed by atoms with Crippen molar-refractivity contribution in [1.29, 1.82) is 0 Å². The van der Waals surface area contributed by atoms with Gasteiger partial charge in [-0.3, -0.25) is 4.79 Å². The van der Waals surface area contributed by atoms with Gasteiger partial charge in [0, 0.05) is 13.0 Å². The minimum absolute atomic E-state index is 0.0490. The summed E-state index contributed by atoms with van der Waals surface area (Å²) in [5.41, 5.74) is 0. The lowest BCUT2D eigenvalue weighted by atomic mass is 10.0. The van der Waals surface area contributed by atoms with Gasteiger partial charge >= 0.3 is 5.97 Å². The molecule has 0 aromatic carbocycles. The fraction of sp³-hybridized carbons (Fsp3) is 0.818. The van der Waals surface area contributed by atoms with E-state index in [2.05, 4.69) is 12.6 Å². The molecule has 1 saturated heterocycles. The van der Waals surface area contributed by atoms with Gasteiger partial charge in [-0.1, -0.05) is 13.8 Å². The van der Waals surface area contributed by atoms with Gasteiger partial charge in [-0.05, 0) is 24.0 Å². The van der Waals surface area contributed by atoms with Crippen LogP contribution in [0.3, 0.4) is 0 Å². The van der Waals surface area contributed by atoms with Crippen LogP contribution in [-0.4, -0.2) is 40.2 Å². The molecule has 1 aliphatic rings. The van der Waals surface area contributed by atoms with Crippen molar-refractivity contribution in [3.05, 3.63) is 0 Å². The van der Waals surface area contributed by atoms with E-state index >= 15 is 0 Å². The fourth-order valence-corrected chi connectivity index (χ4v) is 2.28. The van der Waals surface area contributed by atoms with Crippen LogP contribution in [0, 0.1) is 11.8 Å². The van der Waals surface area contributed by atoms with Gasteiger partial charge in [0.15, 0.2) is 0 Å². The van der Waals surface area contributed by atoms with Crippen molar-refractivity contribution in [2.75, 3.05) is 12.3 Å². The molecule has 1 amide bonds. The number of carbonyl (C=O) groups is 2. The maximum Gasteiger partial charge on any atom is 0.326 e. The number of carboxylic acid groups (broad SMARTS) is 1. The lowest BCUT2D eigenvalue weighted by Crippen LogP contribution is -2.43. The Bertz CT molecular complexity index is 280. The molecule has 1 rings (SSSR count). The van der Waals surface area contributed by atoms with E-state index in [9.17, 15) is 9.59 Å². The van der Waals surface area contributed by atoms with Gasteiger partial charge in [-0.25, -0.2) is 4.79 Å². The third kappa shape index (κ3) is 3.14. The highest BCUT2D eigenvalue weighted by Gasteiger charge is 2.37. The van der Waals surface area contributed by atoms with Crippen LogP contribution in [0.5, 0.6) is 0 Å². The quantitative estimate of drug-likeness (QED) is 0.717. The largest absolute Gasteiger partial charge is 0.480 e. The number of hydrogen-bond acceptors (Lipinski definition) is 3. The predicted molar refractivity (Wildman–Crippen MR) is 64.6 cm³/mol. The molecular weight excluding hydrogens is 226 g/mol. The number of carbonyl (C=O) groups excluding carboxylic acids is 1. The van der Waals surface area contributed by atoms with Gasteiger partial charge in [0.05, 0.1) is 0 Å². The maximum absolute atomic E-state index is 11.7. The number of carboxylic acids is 1. The number of rotatable bonds is 5. The molecule has 0 aliphatic carbocycles. The van der Waals surface area contributed by atoms with Gasteiger partial charge in [-0.15, -0.1) is 0 Å². The first-order valence-corrected chi connectivity index (χ1v) is 6.22. The lowest BCUT2D eigenvalue weighted by molar-refractivity contribution is -0.149. The molecule has 0 saturated carbocycles. The van der Waals surface area contributed by atoms with Crippen LogP contribution < -0.4 is 0 Å². The lowest BCUT2D eigenvalue weighted by Gasteiger charge is -2.26. The van der Waals surface area contributed by atoms with Gasteiger partial charge in [-0.2, -0.15) is 12.6 Å². The summed E-state index contributed by atoms with van der Waals surface area (Å²) in [5.74, 6) is 0.152. The molecule has 1 N–H and O–H groups in total. The van der Waals surface area contributed by atoms with Crippen molar-refractivity contribution in [1.82, 2.24) is 4.90 Å². The molecule has 92 valence electrons. The number of aliphatic carboxylic acids is 1. The molecule has 16 heavy (non-hydrogen) atoms. The van der Waals surface area contributed by atoms with E-state index in [-0.39, 0.29) is 17.7 Å². The molecular formula is C11H19NO3S. The second-order valence-electron chi connectivity index (χ2n) is 4.78. The zero-order valence-electron chi connectivity index (χ0n) is 9.72. The Morgan fingerprint density at radius 3 is 2.62 bits per heavy atom. The Labute approximate surface area is 101 Å². The molecule has 5 heteroatoms. The van der Waals surface area contributed by atoms with E-state index in [1.807, 2.05) is 13.8 Å². The predicted octanol–water partition coefficient (Wildman–Crippen LogP) is 1.26. The molecule has 0 spiro atoms. The minimum Gasteiger partial charge on any atom is -0.480 e. The van der Waals surface area contributed by atoms with Crippen LogP contribution in [0.25, 0.3) is 0 Å². The molecule has 0 radical (unpaired) electrons. The van der Waals surface area contributed by atoms with Gasteiger partial charge in [0.2, 0.25) is 5.91 Å². The van der Waals surface area contributed by atoms with E-state index in [4.69, 9.17) is 5.11 Å². The van der Waals surface area contributed by atoms with E-state index in [0.717, 1.165) is 0 Å². The summed E-state index contributed by atoms with van der Waals surface area (Å²) < 4.78 is 0. The Kier molecular flexibility index (Phi) is 4.65. The zero-order valence-corrected chi connectivity index (χ0v) is 10.6. The van der Waals surface area contributed by atoms with Crippen LogP contribution in [0.1, 0.15) is 26.7 Å². The van der Waals surface area contributed by atoms with Gasteiger partial charge < -0.3 is 10.0 Å². The van der Waals surface area contributed by atoms with E-state index in [1.54, 1.807) is 0 Å². The zero-order chi connectivity index (χ0) is 12.3. The Morgan fingerprint density at radius 1 is 1.62 bits per heavy atom. The van der Waals surface area contributed by atoms with E-state index in [1.165, 1.54) is 4.90 Å². The number of likely N-dealkylation sites (tertiary alicyclic amines) is 1. The third-order valence-corrected chi connectivity index (χ3v) is 3.37. The van der Waals surface area contributed by atoms with Crippen LogP contribution in [0.15, 0.2) is 0 Å². The average Bonchev–Trinajstić information content (AvgIpc) is 2.55. The standard InChI is InChI=1S/C11H19NO3S/c1-7(2)3-9(11(14)15)12-5-8(6-16)4-10(12)13/h7-9,16H,3-6H2,1-2H3,(H,14,15)/t8?,9-/m0/s1. The van der Waals surface area contributed by atoms with Gasteiger partial charge in [0.25, 0.3) is 0 Å². The molecule has 0 bridgehead atoms. The average molecular weight is 245 g/mol. The number of nitrogens with zero attached hydrogens (tertiary/aromatic N) is 1. The molecule has 0 aromatic heterocycles. The highest BCUT2D eigenvalue weighted by atomic mass is 32.1. The summed E-state index contributed by atoms with van der Waals surface area (Å²) in [6.45, 7) is 4.46. The SMILES string of the molecule is CC(C)C[C@@H](C(=O)O)N1CC(CS)CC1=O. The second-order valence-corrected chi connectivity index (χ2v) is 5.15. The van der Waals surface area contributed by atoms with Crippen molar-refractivity contribution < 1.29 is 14.7 Å². The van der Waals surface area contributed by atoms with Crippen LogP contribution >= 0.6 is 12.6 Å². The first-order valence-electron chi connectivity index (χ1n) is 5.58. The summed E-state index contributed by atoms with van der Waals surface area (Å²) >= 11 is 4.16. The molecule has 4 nitrogen and oxygen atoms in total. The molecule has 1 aliphatic heterocycles. The Balaban J connectivity index is 2.71. The highest BCUT2D eigenvalue weighted by Crippen LogP contribution is 2.24. The minimum atomic E-state index is -0.901. The Hall–Kier alpha value is -0.710. The molecule has 0 aromatic rings. The number of hydrogen-bond donors (Lipinski definition) is 2. The monoisotopic (exact) mass is 245 g/mol. The fourth-order valence-electron chi connectivity index (χ4n) is 2.04. The summed E-state index contributed by atoms with van der Waals surface area (Å²) in [5, 5.41) is 9.15. The van der Waals surface area contributed by atoms with Crippen molar-refractivity contribution in [2.45, 2.75) is 32.7 Å². The number of amides is 1. The topological polar surface area (TPSA) is 57.6 Å². The maximum atomic E-state index is 11.7. The van der Waals surface area contributed by atoms with Crippen molar-refractivity contribution in [3.63, 3.8) is 0 Å². The molecule has 2 atom stereocenters. The summed E-state index contributed by atoms with van der Waals surface area (Å²) in [6, 6.07) is -0.669. The summed E-state index contributed by atoms with van der Waals surface area (Å²) in [4.78, 5) is 24.4. The van der Waals surface area contributed by atoms with E-state index < -0.39 is 12.0 Å². The number of thiol groups is 1. The van der Waals surface area contributed by atoms with Crippen molar-refractivity contribution in [3.8, 4) is 0 Å². The van der Waals surface area contributed by atoms with Crippen LogP contribution in [0.2, 0.25) is 0 Å². The first-order chi connectivity index (χ1) is 7.45.